The lowest BCUT2D eigenvalue weighted by Crippen LogP contribution is -2.16. The van der Waals surface area contributed by atoms with Gasteiger partial charge in [-0.15, -0.1) is 0 Å². The fourth-order valence-electron chi connectivity index (χ4n) is 1.23. The van der Waals surface area contributed by atoms with Crippen molar-refractivity contribution in [2.45, 2.75) is 13.3 Å². The first-order valence-corrected chi connectivity index (χ1v) is 4.97. The van der Waals surface area contributed by atoms with Gasteiger partial charge in [0.15, 0.2) is 0 Å². The molecule has 1 aromatic rings. The zero-order valence-electron chi connectivity index (χ0n) is 9.49. The summed E-state index contributed by atoms with van der Waals surface area (Å²) in [5.41, 5.74) is 0.113. The standard InChI is InChI=1S/C11H11FN2O4/c1-6(15)13-9-4-7(2-3-8(9)12)14-10(16)5-11(17)18/h2-4H,5H2,1H3,(H,13,15)(H,14,16)(H,17,18). The molecule has 0 bridgehead atoms. The molecule has 96 valence electrons. The van der Waals surface area contributed by atoms with Crippen molar-refractivity contribution in [1.82, 2.24) is 0 Å². The van der Waals surface area contributed by atoms with Crippen LogP contribution in [0, 0.1) is 5.82 Å². The van der Waals surface area contributed by atoms with Crippen LogP contribution >= 0.6 is 0 Å². The Morgan fingerprint density at radius 3 is 2.50 bits per heavy atom. The van der Waals surface area contributed by atoms with Crippen molar-refractivity contribution < 1.29 is 23.9 Å². The first kappa shape index (κ1) is 13.6. The second kappa shape index (κ2) is 5.76. The van der Waals surface area contributed by atoms with E-state index in [2.05, 4.69) is 10.6 Å². The van der Waals surface area contributed by atoms with E-state index in [1.165, 1.54) is 19.1 Å². The molecule has 3 N–H and O–H groups in total. The third kappa shape index (κ3) is 4.20. The molecular formula is C11H11FN2O4. The molecule has 0 fully saturated rings. The number of hydrogen-bond donors (Lipinski definition) is 3. The Morgan fingerprint density at radius 1 is 1.28 bits per heavy atom. The number of halogens is 1. The van der Waals surface area contributed by atoms with E-state index in [0.717, 1.165) is 6.07 Å². The second-order valence-corrected chi connectivity index (χ2v) is 3.49. The fourth-order valence-corrected chi connectivity index (χ4v) is 1.23. The number of carboxylic acids is 1. The zero-order chi connectivity index (χ0) is 13.7. The number of carbonyl (C=O) groups is 3. The molecule has 0 saturated carbocycles. The second-order valence-electron chi connectivity index (χ2n) is 3.49. The maximum absolute atomic E-state index is 13.3. The molecule has 6 nitrogen and oxygen atoms in total. The minimum Gasteiger partial charge on any atom is -0.481 e. The average molecular weight is 254 g/mol. The molecule has 1 rings (SSSR count). The summed E-state index contributed by atoms with van der Waals surface area (Å²) in [5.74, 6) is -3.11. The van der Waals surface area contributed by atoms with Crippen LogP contribution in [-0.2, 0) is 14.4 Å². The summed E-state index contributed by atoms with van der Waals surface area (Å²) < 4.78 is 13.3. The predicted octanol–water partition coefficient (Wildman–Crippen LogP) is 1.20. The summed E-state index contributed by atoms with van der Waals surface area (Å²) in [5, 5.41) is 12.9. The van der Waals surface area contributed by atoms with E-state index in [4.69, 9.17) is 5.11 Å². The topological polar surface area (TPSA) is 95.5 Å². The van der Waals surface area contributed by atoms with E-state index in [-0.39, 0.29) is 11.4 Å². The average Bonchev–Trinajstić information content (AvgIpc) is 2.21. The highest BCUT2D eigenvalue weighted by Gasteiger charge is 2.10. The molecule has 0 saturated heterocycles. The number of anilines is 2. The molecule has 18 heavy (non-hydrogen) atoms. The number of carboxylic acid groups (broad SMARTS) is 1. The lowest BCUT2D eigenvalue weighted by molar-refractivity contribution is -0.139. The van der Waals surface area contributed by atoms with Gasteiger partial charge in [0, 0.05) is 12.6 Å². The van der Waals surface area contributed by atoms with Crippen LogP contribution in [0.1, 0.15) is 13.3 Å². The minimum atomic E-state index is -1.27. The van der Waals surface area contributed by atoms with Gasteiger partial charge in [-0.25, -0.2) is 4.39 Å². The smallest absolute Gasteiger partial charge is 0.312 e. The SMILES string of the molecule is CC(=O)Nc1cc(NC(=O)CC(=O)O)ccc1F. The maximum atomic E-state index is 13.3. The monoisotopic (exact) mass is 254 g/mol. The van der Waals surface area contributed by atoms with Gasteiger partial charge in [0.1, 0.15) is 12.2 Å². The maximum Gasteiger partial charge on any atom is 0.312 e. The molecule has 0 aliphatic carbocycles. The highest BCUT2D eigenvalue weighted by Crippen LogP contribution is 2.19. The summed E-state index contributed by atoms with van der Waals surface area (Å²) in [4.78, 5) is 32.3. The minimum absolute atomic E-state index is 0.0874. The van der Waals surface area contributed by atoms with Crippen molar-refractivity contribution in [2.75, 3.05) is 10.6 Å². The third-order valence-corrected chi connectivity index (χ3v) is 1.87. The quantitative estimate of drug-likeness (QED) is 0.703. The molecular weight excluding hydrogens is 243 g/mol. The Kier molecular flexibility index (Phi) is 4.36. The molecule has 0 spiro atoms. The van der Waals surface area contributed by atoms with Gasteiger partial charge in [-0.05, 0) is 18.2 Å². The summed E-state index contributed by atoms with van der Waals surface area (Å²) >= 11 is 0. The molecule has 0 radical (unpaired) electrons. The van der Waals surface area contributed by atoms with Gasteiger partial charge in [-0.3, -0.25) is 14.4 Å². The molecule has 0 aliphatic rings. The van der Waals surface area contributed by atoms with Gasteiger partial charge < -0.3 is 15.7 Å². The Bertz CT molecular complexity index is 502. The van der Waals surface area contributed by atoms with Crippen molar-refractivity contribution in [3.05, 3.63) is 24.0 Å². The third-order valence-electron chi connectivity index (χ3n) is 1.87. The normalized spacial score (nSPS) is 9.67. The first-order chi connectivity index (χ1) is 8.38. The van der Waals surface area contributed by atoms with Gasteiger partial charge in [-0.2, -0.15) is 0 Å². The molecule has 1 aromatic carbocycles. The van der Waals surface area contributed by atoms with Crippen molar-refractivity contribution >= 4 is 29.2 Å². The van der Waals surface area contributed by atoms with E-state index in [9.17, 15) is 18.8 Å². The van der Waals surface area contributed by atoms with E-state index >= 15 is 0 Å². The molecule has 2 amide bonds. The van der Waals surface area contributed by atoms with Crippen molar-refractivity contribution in [1.29, 1.82) is 0 Å². The summed E-state index contributed by atoms with van der Waals surface area (Å²) in [6.45, 7) is 1.22. The lowest BCUT2D eigenvalue weighted by Gasteiger charge is -2.08. The van der Waals surface area contributed by atoms with Gasteiger partial charge in [0.05, 0.1) is 5.69 Å². The lowest BCUT2D eigenvalue weighted by atomic mass is 10.2. The van der Waals surface area contributed by atoms with Crippen LogP contribution in [0.4, 0.5) is 15.8 Å². The van der Waals surface area contributed by atoms with Gasteiger partial charge >= 0.3 is 5.97 Å². The van der Waals surface area contributed by atoms with Crippen molar-refractivity contribution in [3.8, 4) is 0 Å². The number of amides is 2. The van der Waals surface area contributed by atoms with Crippen molar-refractivity contribution in [3.63, 3.8) is 0 Å². The van der Waals surface area contributed by atoms with E-state index in [0.29, 0.717) is 0 Å². The van der Waals surface area contributed by atoms with Crippen LogP contribution in [0.25, 0.3) is 0 Å². The first-order valence-electron chi connectivity index (χ1n) is 4.97. The van der Waals surface area contributed by atoms with E-state index < -0.39 is 30.0 Å². The molecule has 0 unspecified atom stereocenters. The molecule has 7 heteroatoms. The Balaban J connectivity index is 2.81. The van der Waals surface area contributed by atoms with Gasteiger partial charge in [0.25, 0.3) is 0 Å². The largest absolute Gasteiger partial charge is 0.481 e. The van der Waals surface area contributed by atoms with Crippen LogP contribution in [0.2, 0.25) is 0 Å². The predicted molar refractivity (Wildman–Crippen MR) is 61.6 cm³/mol. The van der Waals surface area contributed by atoms with Crippen LogP contribution in [0.15, 0.2) is 18.2 Å². The number of hydrogen-bond acceptors (Lipinski definition) is 3. The molecule has 0 aliphatic heterocycles. The number of rotatable bonds is 4. The molecule has 0 heterocycles. The van der Waals surface area contributed by atoms with Crippen LogP contribution in [-0.4, -0.2) is 22.9 Å². The van der Waals surface area contributed by atoms with Gasteiger partial charge in [0.2, 0.25) is 11.8 Å². The number of carbonyl (C=O) groups excluding carboxylic acids is 2. The van der Waals surface area contributed by atoms with Crippen LogP contribution in [0.5, 0.6) is 0 Å². The van der Waals surface area contributed by atoms with Crippen LogP contribution < -0.4 is 10.6 Å². The Hall–Kier alpha value is -2.44. The van der Waals surface area contributed by atoms with Crippen molar-refractivity contribution in [2.24, 2.45) is 0 Å². The Labute approximate surface area is 102 Å². The van der Waals surface area contributed by atoms with Gasteiger partial charge in [-0.1, -0.05) is 0 Å². The summed E-state index contributed by atoms with van der Waals surface area (Å²) in [6, 6.07) is 3.53. The molecule has 0 aromatic heterocycles. The highest BCUT2D eigenvalue weighted by atomic mass is 19.1. The van der Waals surface area contributed by atoms with Crippen LogP contribution in [0.3, 0.4) is 0 Å². The molecule has 0 atom stereocenters. The summed E-state index contributed by atoms with van der Waals surface area (Å²) in [7, 11) is 0. The Morgan fingerprint density at radius 2 is 1.94 bits per heavy atom. The number of aliphatic carboxylic acids is 1. The van der Waals surface area contributed by atoms with E-state index in [1.54, 1.807) is 0 Å². The fraction of sp³-hybridized carbons (Fsp3) is 0.182. The highest BCUT2D eigenvalue weighted by molar-refractivity contribution is 6.01. The zero-order valence-corrected chi connectivity index (χ0v) is 9.49. The number of nitrogens with one attached hydrogen (secondary N) is 2. The summed E-state index contributed by atoms with van der Waals surface area (Å²) in [6.07, 6.45) is -0.688. The number of benzene rings is 1. The van der Waals surface area contributed by atoms with E-state index in [1.807, 2.05) is 0 Å².